The zero-order chi connectivity index (χ0) is 23.8. The van der Waals surface area contributed by atoms with Crippen LogP contribution in [-0.2, 0) is 10.0 Å². The Labute approximate surface area is 202 Å². The van der Waals surface area contributed by atoms with Gasteiger partial charge in [0.15, 0.2) is 0 Å². The summed E-state index contributed by atoms with van der Waals surface area (Å²) >= 11 is 5.93. The molecular formula is C25H31ClN4O2S. The number of benzene rings is 2. The monoisotopic (exact) mass is 486 g/mol. The summed E-state index contributed by atoms with van der Waals surface area (Å²) in [5.41, 5.74) is 1.08. The molecule has 0 N–H and O–H groups in total. The number of fused-ring (bicyclic) bond motifs is 1. The molecular weight excluding hydrogens is 456 g/mol. The van der Waals surface area contributed by atoms with Crippen LogP contribution in [0.25, 0.3) is 16.8 Å². The molecule has 0 amide bonds. The lowest BCUT2D eigenvalue weighted by molar-refractivity contribution is 0.290. The van der Waals surface area contributed by atoms with Crippen LogP contribution in [0.15, 0.2) is 71.9 Å². The van der Waals surface area contributed by atoms with E-state index in [0.29, 0.717) is 48.0 Å². The molecule has 0 unspecified atom stereocenters. The topological polar surface area (TPSA) is 56.8 Å². The number of sulfonamides is 1. The Balaban J connectivity index is 1.71. The second kappa shape index (κ2) is 11.7. The van der Waals surface area contributed by atoms with E-state index in [1.54, 1.807) is 34.9 Å². The predicted octanol–water partition coefficient (Wildman–Crippen LogP) is 4.09. The highest BCUT2D eigenvalue weighted by Gasteiger charge is 2.26. The van der Waals surface area contributed by atoms with E-state index in [9.17, 15) is 8.42 Å². The highest BCUT2D eigenvalue weighted by atomic mass is 35.5. The van der Waals surface area contributed by atoms with Gasteiger partial charge in [0.05, 0.1) is 4.90 Å². The smallest absolute Gasteiger partial charge is 0.243 e. The molecule has 1 heterocycles. The zero-order valence-electron chi connectivity index (χ0n) is 19.4. The van der Waals surface area contributed by atoms with Crippen LogP contribution < -0.4 is 0 Å². The minimum atomic E-state index is -3.66. The van der Waals surface area contributed by atoms with Gasteiger partial charge in [0.25, 0.3) is 0 Å². The summed E-state index contributed by atoms with van der Waals surface area (Å²) in [5, 5.41) is 2.22. The number of likely N-dealkylation sites (N-methyl/N-ethyl adjacent to an activating group) is 2. The molecule has 0 aliphatic heterocycles. The molecule has 3 aromatic rings. The summed E-state index contributed by atoms with van der Waals surface area (Å²) < 4.78 is 28.9. The van der Waals surface area contributed by atoms with Crippen LogP contribution in [0.3, 0.4) is 0 Å². The number of hydrogen-bond donors (Lipinski definition) is 0. The van der Waals surface area contributed by atoms with Gasteiger partial charge in [-0.3, -0.25) is 4.98 Å². The van der Waals surface area contributed by atoms with Crippen molar-refractivity contribution >= 4 is 38.5 Å². The maximum atomic E-state index is 13.6. The van der Waals surface area contributed by atoms with Gasteiger partial charge in [0, 0.05) is 60.9 Å². The molecule has 1 aromatic heterocycles. The number of halogens is 1. The normalized spacial score (nSPS) is 12.6. The summed E-state index contributed by atoms with van der Waals surface area (Å²) in [4.78, 5) is 8.55. The Morgan fingerprint density at radius 3 is 2.39 bits per heavy atom. The van der Waals surface area contributed by atoms with Crippen molar-refractivity contribution in [3.63, 3.8) is 0 Å². The molecule has 0 radical (unpaired) electrons. The molecule has 0 aliphatic rings. The van der Waals surface area contributed by atoms with Gasteiger partial charge in [-0.05, 0) is 51.0 Å². The molecule has 33 heavy (non-hydrogen) atoms. The van der Waals surface area contributed by atoms with Crippen LogP contribution in [0, 0.1) is 0 Å². The molecule has 0 saturated heterocycles. The van der Waals surface area contributed by atoms with Gasteiger partial charge >= 0.3 is 0 Å². The number of rotatable bonds is 11. The summed E-state index contributed by atoms with van der Waals surface area (Å²) in [6.45, 7) is 2.80. The van der Waals surface area contributed by atoms with Crippen LogP contribution in [-0.4, -0.2) is 81.4 Å². The largest absolute Gasteiger partial charge is 0.308 e. The highest BCUT2D eigenvalue weighted by molar-refractivity contribution is 7.89. The van der Waals surface area contributed by atoms with Gasteiger partial charge in [-0.15, -0.1) is 0 Å². The van der Waals surface area contributed by atoms with Crippen LogP contribution in [0.5, 0.6) is 0 Å². The number of pyridine rings is 1. The fourth-order valence-corrected chi connectivity index (χ4v) is 5.20. The van der Waals surface area contributed by atoms with Crippen molar-refractivity contribution in [3.05, 3.63) is 77.6 Å². The van der Waals surface area contributed by atoms with E-state index in [0.717, 1.165) is 10.9 Å². The lowest BCUT2D eigenvalue weighted by atomic mass is 10.2. The van der Waals surface area contributed by atoms with E-state index in [1.165, 1.54) is 0 Å². The van der Waals surface area contributed by atoms with Crippen molar-refractivity contribution in [3.8, 4) is 0 Å². The fraction of sp³-hybridized carbons (Fsp3) is 0.320. The van der Waals surface area contributed by atoms with E-state index in [1.807, 2.05) is 62.5 Å². The molecule has 0 aliphatic carbocycles. The summed E-state index contributed by atoms with van der Waals surface area (Å²) in [7, 11) is 2.22. The van der Waals surface area contributed by atoms with Crippen molar-refractivity contribution in [2.24, 2.45) is 0 Å². The van der Waals surface area contributed by atoms with E-state index in [-0.39, 0.29) is 0 Å². The minimum Gasteiger partial charge on any atom is -0.308 e. The fourth-order valence-electron chi connectivity index (χ4n) is 3.44. The number of hydrogen-bond acceptors (Lipinski definition) is 5. The highest BCUT2D eigenvalue weighted by Crippen LogP contribution is 2.25. The average molecular weight is 487 g/mol. The molecule has 0 fully saturated rings. The average Bonchev–Trinajstić information content (AvgIpc) is 2.79. The second-order valence-corrected chi connectivity index (χ2v) is 10.6. The van der Waals surface area contributed by atoms with Crippen molar-refractivity contribution in [1.29, 1.82) is 0 Å². The first-order chi connectivity index (χ1) is 15.8. The molecule has 0 spiro atoms. The van der Waals surface area contributed by atoms with E-state index >= 15 is 0 Å². The maximum Gasteiger partial charge on any atom is 0.243 e. The van der Waals surface area contributed by atoms with Gasteiger partial charge in [-0.1, -0.05) is 48.0 Å². The third-order valence-corrected chi connectivity index (χ3v) is 7.59. The van der Waals surface area contributed by atoms with Gasteiger partial charge < -0.3 is 9.80 Å². The summed E-state index contributed by atoms with van der Waals surface area (Å²) in [6.07, 6.45) is 7.43. The number of nitrogens with zero attached hydrogens (tertiary/aromatic N) is 4. The van der Waals surface area contributed by atoms with E-state index in [2.05, 4.69) is 16.0 Å². The van der Waals surface area contributed by atoms with Crippen molar-refractivity contribution in [1.82, 2.24) is 19.1 Å². The van der Waals surface area contributed by atoms with Gasteiger partial charge in [-0.2, -0.15) is 4.31 Å². The van der Waals surface area contributed by atoms with E-state index in [4.69, 9.17) is 11.6 Å². The Bertz CT molecular complexity index is 1180. The molecule has 6 nitrogen and oxygen atoms in total. The first-order valence-corrected chi connectivity index (χ1v) is 12.7. The van der Waals surface area contributed by atoms with Gasteiger partial charge in [-0.25, -0.2) is 8.42 Å². The first-order valence-electron chi connectivity index (χ1n) is 10.9. The predicted molar refractivity (Wildman–Crippen MR) is 137 cm³/mol. The Kier molecular flexibility index (Phi) is 9.00. The molecule has 2 aromatic carbocycles. The van der Waals surface area contributed by atoms with Crippen molar-refractivity contribution < 1.29 is 8.42 Å². The molecule has 0 bridgehead atoms. The SMILES string of the molecule is CN(C)CCN(CCN(C)CC=Cc1ccc(Cl)cc1)S(=O)(=O)c1cccc2cnccc12. The van der Waals surface area contributed by atoms with Gasteiger partial charge in [0.1, 0.15) is 0 Å². The van der Waals surface area contributed by atoms with Crippen LogP contribution in [0.4, 0.5) is 0 Å². The second-order valence-electron chi connectivity index (χ2n) is 8.28. The molecule has 0 atom stereocenters. The molecule has 0 saturated carbocycles. The maximum absolute atomic E-state index is 13.6. The van der Waals surface area contributed by atoms with Crippen LogP contribution in [0.1, 0.15) is 5.56 Å². The Morgan fingerprint density at radius 1 is 0.939 bits per heavy atom. The summed E-state index contributed by atoms with van der Waals surface area (Å²) in [6, 6.07) is 14.8. The standard InChI is InChI=1S/C25H31ClN4O2S/c1-28(2)16-18-30(19-17-29(3)15-5-6-21-9-11-23(26)12-10-21)33(31,32)25-8-4-7-22-20-27-14-13-24(22)25/h4-14,20H,15-19H2,1-3H3. The lowest BCUT2D eigenvalue weighted by Crippen LogP contribution is -2.41. The lowest BCUT2D eigenvalue weighted by Gasteiger charge is -2.26. The number of aromatic nitrogens is 1. The van der Waals surface area contributed by atoms with Crippen molar-refractivity contribution in [2.45, 2.75) is 4.90 Å². The Morgan fingerprint density at radius 2 is 1.67 bits per heavy atom. The van der Waals surface area contributed by atoms with Crippen LogP contribution >= 0.6 is 11.6 Å². The summed E-state index contributed by atoms with van der Waals surface area (Å²) in [5.74, 6) is 0. The first kappa shape index (κ1) is 25.3. The van der Waals surface area contributed by atoms with Crippen molar-refractivity contribution in [2.75, 3.05) is 53.9 Å². The third kappa shape index (κ3) is 7.09. The molecule has 8 heteroatoms. The third-order valence-electron chi connectivity index (χ3n) is 5.38. The quantitative estimate of drug-likeness (QED) is 0.408. The van der Waals surface area contributed by atoms with Gasteiger partial charge in [0.2, 0.25) is 10.0 Å². The minimum absolute atomic E-state index is 0.325. The Hall–Kier alpha value is -2.29. The van der Waals surface area contributed by atoms with Crippen LogP contribution in [0.2, 0.25) is 5.02 Å². The molecule has 176 valence electrons. The van der Waals surface area contributed by atoms with E-state index < -0.39 is 10.0 Å². The molecule has 3 rings (SSSR count). The zero-order valence-corrected chi connectivity index (χ0v) is 20.9.